The van der Waals surface area contributed by atoms with Crippen LogP contribution in [0.15, 0.2) is 12.4 Å². The molecule has 15 heavy (non-hydrogen) atoms. The van der Waals surface area contributed by atoms with Crippen LogP contribution in [-0.2, 0) is 13.0 Å². The van der Waals surface area contributed by atoms with E-state index < -0.39 is 0 Å². The fraction of sp³-hybridized carbons (Fsp3) is 0.750. The first-order chi connectivity index (χ1) is 7.31. The van der Waals surface area contributed by atoms with Gasteiger partial charge in [0.2, 0.25) is 0 Å². The number of rotatable bonds is 7. The Bertz CT molecular complexity index is 262. The summed E-state index contributed by atoms with van der Waals surface area (Å²) in [7, 11) is 0. The smallest absolute Gasteiger partial charge is 0.108 e. The highest BCUT2D eigenvalue weighted by atomic mass is 15.1. The molecule has 1 rings (SSSR count). The molecule has 0 saturated heterocycles. The van der Waals surface area contributed by atoms with Gasteiger partial charge in [-0.1, -0.05) is 27.2 Å². The Balaban J connectivity index is 2.56. The second kappa shape index (κ2) is 6.62. The lowest BCUT2D eigenvalue weighted by molar-refractivity contribution is 0.423. The lowest BCUT2D eigenvalue weighted by atomic mass is 10.1. The van der Waals surface area contributed by atoms with Gasteiger partial charge in [-0.2, -0.15) is 0 Å². The molecule has 0 aliphatic rings. The maximum Gasteiger partial charge on any atom is 0.108 e. The van der Waals surface area contributed by atoms with Crippen molar-refractivity contribution in [1.29, 1.82) is 0 Å². The summed E-state index contributed by atoms with van der Waals surface area (Å²) < 4.78 is 2.27. The molecule has 1 aromatic rings. The van der Waals surface area contributed by atoms with Gasteiger partial charge in [0.1, 0.15) is 5.82 Å². The maximum absolute atomic E-state index is 4.34. The molecule has 0 aliphatic heterocycles. The van der Waals surface area contributed by atoms with E-state index in [0.29, 0.717) is 6.04 Å². The molecule has 0 aromatic carbocycles. The van der Waals surface area contributed by atoms with Gasteiger partial charge in [-0.3, -0.25) is 0 Å². The van der Waals surface area contributed by atoms with Crippen molar-refractivity contribution in [3.8, 4) is 0 Å². The molecular weight excluding hydrogens is 186 g/mol. The lowest BCUT2D eigenvalue weighted by Crippen LogP contribution is -2.33. The largest absolute Gasteiger partial charge is 0.333 e. The molecule has 0 amide bonds. The third kappa shape index (κ3) is 3.67. The van der Waals surface area contributed by atoms with E-state index in [9.17, 15) is 0 Å². The van der Waals surface area contributed by atoms with E-state index >= 15 is 0 Å². The van der Waals surface area contributed by atoms with Crippen LogP contribution < -0.4 is 5.32 Å². The van der Waals surface area contributed by atoms with Crippen LogP contribution in [-0.4, -0.2) is 22.1 Å². The third-order valence-electron chi connectivity index (χ3n) is 2.66. The molecule has 3 heteroatoms. The molecular formula is C12H23N3. The predicted octanol–water partition coefficient (Wildman–Crippen LogP) is 2.22. The van der Waals surface area contributed by atoms with E-state index in [-0.39, 0.29) is 0 Å². The Morgan fingerprint density at radius 3 is 2.80 bits per heavy atom. The lowest BCUT2D eigenvalue weighted by Gasteiger charge is -2.18. The van der Waals surface area contributed by atoms with E-state index in [4.69, 9.17) is 0 Å². The summed E-state index contributed by atoms with van der Waals surface area (Å²) in [6.45, 7) is 8.64. The molecule has 0 aliphatic carbocycles. The summed E-state index contributed by atoms with van der Waals surface area (Å²) in [5.74, 6) is 1.19. The Kier molecular flexibility index (Phi) is 5.40. The van der Waals surface area contributed by atoms with Gasteiger partial charge in [-0.05, 0) is 13.0 Å². The minimum atomic E-state index is 0.583. The van der Waals surface area contributed by atoms with E-state index in [1.807, 2.05) is 6.20 Å². The summed E-state index contributed by atoms with van der Waals surface area (Å²) in [5.41, 5.74) is 0. The summed E-state index contributed by atoms with van der Waals surface area (Å²) in [6, 6.07) is 0.583. The molecule has 1 unspecified atom stereocenters. The van der Waals surface area contributed by atoms with Crippen LogP contribution in [0, 0.1) is 0 Å². The fourth-order valence-corrected chi connectivity index (χ4v) is 1.95. The SMILES string of the molecule is CCCC(Cn1ccnc1CC)NCC. The zero-order chi connectivity index (χ0) is 11.1. The van der Waals surface area contributed by atoms with Crippen LogP contribution in [0.4, 0.5) is 0 Å². The first-order valence-electron chi connectivity index (χ1n) is 6.05. The van der Waals surface area contributed by atoms with Gasteiger partial charge in [0.15, 0.2) is 0 Å². The van der Waals surface area contributed by atoms with Gasteiger partial charge in [0.25, 0.3) is 0 Å². The second-order valence-corrected chi connectivity index (χ2v) is 3.89. The molecule has 1 aromatic heterocycles. The molecule has 0 fully saturated rings. The van der Waals surface area contributed by atoms with E-state index in [0.717, 1.165) is 19.5 Å². The molecule has 86 valence electrons. The number of likely N-dealkylation sites (N-methyl/N-ethyl adjacent to an activating group) is 1. The van der Waals surface area contributed by atoms with Crippen LogP contribution in [0.3, 0.4) is 0 Å². The van der Waals surface area contributed by atoms with Gasteiger partial charge in [0.05, 0.1) is 0 Å². The van der Waals surface area contributed by atoms with Gasteiger partial charge in [-0.15, -0.1) is 0 Å². The van der Waals surface area contributed by atoms with Crippen molar-refractivity contribution in [1.82, 2.24) is 14.9 Å². The fourth-order valence-electron chi connectivity index (χ4n) is 1.95. The summed E-state index contributed by atoms with van der Waals surface area (Å²) in [5, 5.41) is 3.52. The average molecular weight is 209 g/mol. The standard InChI is InChI=1S/C12H23N3/c1-4-7-11(13-6-3)10-15-9-8-14-12(15)5-2/h8-9,11,13H,4-7,10H2,1-3H3. The summed E-state index contributed by atoms with van der Waals surface area (Å²) >= 11 is 0. The minimum Gasteiger partial charge on any atom is -0.333 e. The van der Waals surface area contributed by atoms with Gasteiger partial charge in [-0.25, -0.2) is 4.98 Å². The minimum absolute atomic E-state index is 0.583. The molecule has 3 nitrogen and oxygen atoms in total. The van der Waals surface area contributed by atoms with Crippen molar-refractivity contribution in [2.24, 2.45) is 0 Å². The highest BCUT2D eigenvalue weighted by Gasteiger charge is 2.08. The van der Waals surface area contributed by atoms with Crippen molar-refractivity contribution in [3.63, 3.8) is 0 Å². The number of imidazole rings is 1. The number of nitrogens with zero attached hydrogens (tertiary/aromatic N) is 2. The molecule has 1 N–H and O–H groups in total. The third-order valence-corrected chi connectivity index (χ3v) is 2.66. The topological polar surface area (TPSA) is 29.9 Å². The predicted molar refractivity (Wildman–Crippen MR) is 64.0 cm³/mol. The van der Waals surface area contributed by atoms with E-state index in [1.165, 1.54) is 18.7 Å². The van der Waals surface area contributed by atoms with Crippen LogP contribution in [0.2, 0.25) is 0 Å². The Morgan fingerprint density at radius 1 is 1.40 bits per heavy atom. The molecule has 0 bridgehead atoms. The van der Waals surface area contributed by atoms with E-state index in [2.05, 4.69) is 41.8 Å². The van der Waals surface area contributed by atoms with Gasteiger partial charge >= 0.3 is 0 Å². The number of hydrogen-bond acceptors (Lipinski definition) is 2. The van der Waals surface area contributed by atoms with Crippen LogP contribution in [0.5, 0.6) is 0 Å². The second-order valence-electron chi connectivity index (χ2n) is 3.89. The normalized spacial score (nSPS) is 13.0. The molecule has 0 saturated carbocycles. The Labute approximate surface area is 92.9 Å². The van der Waals surface area contributed by atoms with Crippen molar-refractivity contribution in [3.05, 3.63) is 18.2 Å². The molecule has 0 spiro atoms. The van der Waals surface area contributed by atoms with Crippen LogP contribution in [0.25, 0.3) is 0 Å². The zero-order valence-electron chi connectivity index (χ0n) is 10.2. The zero-order valence-corrected chi connectivity index (χ0v) is 10.2. The van der Waals surface area contributed by atoms with Crippen molar-refractivity contribution < 1.29 is 0 Å². The number of aromatic nitrogens is 2. The Morgan fingerprint density at radius 2 is 2.20 bits per heavy atom. The first kappa shape index (κ1) is 12.2. The molecule has 1 heterocycles. The first-order valence-corrected chi connectivity index (χ1v) is 6.05. The molecule has 0 radical (unpaired) electrons. The summed E-state index contributed by atoms with van der Waals surface area (Å²) in [6.07, 6.45) is 7.45. The summed E-state index contributed by atoms with van der Waals surface area (Å²) in [4.78, 5) is 4.34. The van der Waals surface area contributed by atoms with Crippen molar-refractivity contribution in [2.45, 2.75) is 52.6 Å². The molecule has 1 atom stereocenters. The van der Waals surface area contributed by atoms with Crippen LogP contribution >= 0.6 is 0 Å². The monoisotopic (exact) mass is 209 g/mol. The maximum atomic E-state index is 4.34. The highest BCUT2D eigenvalue weighted by molar-refractivity contribution is 4.92. The van der Waals surface area contributed by atoms with Crippen LogP contribution in [0.1, 0.15) is 39.4 Å². The van der Waals surface area contributed by atoms with E-state index in [1.54, 1.807) is 0 Å². The quantitative estimate of drug-likeness (QED) is 0.746. The highest BCUT2D eigenvalue weighted by Crippen LogP contribution is 2.04. The average Bonchev–Trinajstić information content (AvgIpc) is 2.66. The van der Waals surface area contributed by atoms with Gasteiger partial charge < -0.3 is 9.88 Å². The number of nitrogens with one attached hydrogen (secondary N) is 1. The van der Waals surface area contributed by atoms with Crippen molar-refractivity contribution >= 4 is 0 Å². The van der Waals surface area contributed by atoms with Crippen molar-refractivity contribution in [2.75, 3.05) is 6.54 Å². The number of aryl methyl sites for hydroxylation is 1. The Hall–Kier alpha value is -0.830. The number of hydrogen-bond donors (Lipinski definition) is 1. The van der Waals surface area contributed by atoms with Gasteiger partial charge in [0, 0.05) is 31.4 Å².